The van der Waals surface area contributed by atoms with Gasteiger partial charge in [-0.05, 0) is 44.4 Å². The number of benzene rings is 1. The van der Waals surface area contributed by atoms with Gasteiger partial charge in [0.1, 0.15) is 17.1 Å². The van der Waals surface area contributed by atoms with Gasteiger partial charge in [-0.3, -0.25) is 9.59 Å². The van der Waals surface area contributed by atoms with Crippen molar-refractivity contribution in [1.82, 2.24) is 14.8 Å². The Labute approximate surface area is 133 Å². The van der Waals surface area contributed by atoms with Gasteiger partial charge in [0.25, 0.3) is 0 Å². The summed E-state index contributed by atoms with van der Waals surface area (Å²) in [4.78, 5) is 27.6. The highest BCUT2D eigenvalue weighted by Crippen LogP contribution is 2.46. The van der Waals surface area contributed by atoms with Gasteiger partial charge >= 0.3 is 5.97 Å². The Morgan fingerprint density at radius 3 is 2.65 bits per heavy atom. The number of carbonyl (C=O) groups excluding carboxylic acids is 1. The maximum Gasteiger partial charge on any atom is 0.319 e. The van der Waals surface area contributed by atoms with Crippen molar-refractivity contribution in [2.24, 2.45) is 5.41 Å². The molecule has 0 aliphatic heterocycles. The molecule has 7 nitrogen and oxygen atoms in total. The van der Waals surface area contributed by atoms with E-state index >= 15 is 0 Å². The number of aromatic nitrogens is 3. The van der Waals surface area contributed by atoms with E-state index in [0.717, 1.165) is 11.4 Å². The first kappa shape index (κ1) is 15.2. The zero-order chi connectivity index (χ0) is 16.6. The lowest BCUT2D eigenvalue weighted by molar-refractivity contribution is -0.147. The maximum atomic E-state index is 12.1. The van der Waals surface area contributed by atoms with Crippen molar-refractivity contribution in [3.8, 4) is 0 Å². The van der Waals surface area contributed by atoms with E-state index in [0.29, 0.717) is 30.9 Å². The van der Waals surface area contributed by atoms with Gasteiger partial charge in [-0.25, -0.2) is 9.67 Å². The van der Waals surface area contributed by atoms with Gasteiger partial charge in [0, 0.05) is 5.69 Å². The van der Waals surface area contributed by atoms with Crippen molar-refractivity contribution in [3.63, 3.8) is 0 Å². The summed E-state index contributed by atoms with van der Waals surface area (Å²) in [7, 11) is 0. The fourth-order valence-electron chi connectivity index (χ4n) is 2.55. The third-order valence-electron chi connectivity index (χ3n) is 4.07. The van der Waals surface area contributed by atoms with E-state index in [-0.39, 0.29) is 0 Å². The van der Waals surface area contributed by atoms with E-state index in [1.807, 2.05) is 32.0 Å². The van der Waals surface area contributed by atoms with Gasteiger partial charge in [0.05, 0.1) is 6.54 Å². The number of hydrogen-bond donors (Lipinski definition) is 2. The second-order valence-electron chi connectivity index (χ2n) is 5.91. The van der Waals surface area contributed by atoms with Crippen molar-refractivity contribution in [1.29, 1.82) is 0 Å². The molecule has 1 aromatic carbocycles. The number of rotatable bonds is 5. The largest absolute Gasteiger partial charge is 0.480 e. The molecule has 120 valence electrons. The first-order valence-corrected chi connectivity index (χ1v) is 7.42. The molecule has 0 atom stereocenters. The molecule has 1 fully saturated rings. The van der Waals surface area contributed by atoms with Crippen LogP contribution in [-0.2, 0) is 16.1 Å². The highest BCUT2D eigenvalue weighted by molar-refractivity contribution is 6.10. The molecule has 2 N–H and O–H groups in total. The Hall–Kier alpha value is -2.70. The molecule has 1 aliphatic carbocycles. The standard InChI is InChI=1S/C16H18N4O3/c1-10-17-11(2)20(19-10)9-12-4-3-5-13(8-12)18-14(21)16(6-7-16)15(22)23/h3-5,8H,6-7,9H2,1-2H3,(H,18,21)(H,22,23). The molecule has 0 saturated heterocycles. The van der Waals surface area contributed by atoms with Crippen LogP contribution in [0.3, 0.4) is 0 Å². The predicted octanol–water partition coefficient (Wildman–Crippen LogP) is 1.75. The van der Waals surface area contributed by atoms with Crippen molar-refractivity contribution >= 4 is 17.6 Å². The second-order valence-corrected chi connectivity index (χ2v) is 5.91. The monoisotopic (exact) mass is 314 g/mol. The summed E-state index contributed by atoms with van der Waals surface area (Å²) in [6.07, 6.45) is 0.788. The van der Waals surface area contributed by atoms with Crippen LogP contribution in [0.25, 0.3) is 0 Å². The summed E-state index contributed by atoms with van der Waals surface area (Å²) in [6, 6.07) is 7.33. The minimum Gasteiger partial charge on any atom is -0.480 e. The zero-order valence-electron chi connectivity index (χ0n) is 13.0. The molecular weight excluding hydrogens is 296 g/mol. The van der Waals surface area contributed by atoms with Gasteiger partial charge in [0.15, 0.2) is 0 Å². The summed E-state index contributed by atoms with van der Waals surface area (Å²) < 4.78 is 1.79. The fraction of sp³-hybridized carbons (Fsp3) is 0.375. The average molecular weight is 314 g/mol. The summed E-state index contributed by atoms with van der Waals surface area (Å²) >= 11 is 0. The van der Waals surface area contributed by atoms with E-state index in [1.54, 1.807) is 10.7 Å². The number of carbonyl (C=O) groups is 2. The Morgan fingerprint density at radius 1 is 1.35 bits per heavy atom. The number of carboxylic acid groups (broad SMARTS) is 1. The lowest BCUT2D eigenvalue weighted by Gasteiger charge is -2.12. The van der Waals surface area contributed by atoms with E-state index in [2.05, 4.69) is 15.4 Å². The van der Waals surface area contributed by atoms with Crippen LogP contribution in [0.1, 0.15) is 30.1 Å². The van der Waals surface area contributed by atoms with Crippen molar-refractivity contribution in [2.45, 2.75) is 33.2 Å². The van der Waals surface area contributed by atoms with Crippen LogP contribution < -0.4 is 5.32 Å². The molecule has 0 spiro atoms. The van der Waals surface area contributed by atoms with Crippen molar-refractivity contribution < 1.29 is 14.7 Å². The zero-order valence-corrected chi connectivity index (χ0v) is 13.0. The summed E-state index contributed by atoms with van der Waals surface area (Å²) in [6.45, 7) is 4.26. The van der Waals surface area contributed by atoms with E-state index in [4.69, 9.17) is 5.11 Å². The molecule has 3 rings (SSSR count). The maximum absolute atomic E-state index is 12.1. The molecule has 1 aliphatic rings. The average Bonchev–Trinajstić information content (AvgIpc) is 3.23. The van der Waals surface area contributed by atoms with E-state index in [9.17, 15) is 9.59 Å². The van der Waals surface area contributed by atoms with E-state index in [1.165, 1.54) is 0 Å². The molecule has 2 aromatic rings. The quantitative estimate of drug-likeness (QED) is 0.819. The van der Waals surface area contributed by atoms with Crippen LogP contribution in [-0.4, -0.2) is 31.7 Å². The molecule has 7 heteroatoms. The number of hydrogen-bond acceptors (Lipinski definition) is 4. The Balaban J connectivity index is 1.74. The van der Waals surface area contributed by atoms with E-state index < -0.39 is 17.3 Å². The fourth-order valence-corrected chi connectivity index (χ4v) is 2.55. The van der Waals surface area contributed by atoms with Crippen LogP contribution in [0.2, 0.25) is 0 Å². The molecule has 23 heavy (non-hydrogen) atoms. The summed E-state index contributed by atoms with van der Waals surface area (Å²) in [5.74, 6) is 0.0265. The van der Waals surface area contributed by atoms with Crippen LogP contribution in [0, 0.1) is 19.3 Å². The summed E-state index contributed by atoms with van der Waals surface area (Å²) in [5, 5.41) is 16.2. The van der Waals surface area contributed by atoms with Crippen LogP contribution >= 0.6 is 0 Å². The van der Waals surface area contributed by atoms with Gasteiger partial charge in [0.2, 0.25) is 5.91 Å². The number of anilines is 1. The number of nitrogens with zero attached hydrogens (tertiary/aromatic N) is 3. The number of carboxylic acids is 1. The van der Waals surface area contributed by atoms with Crippen LogP contribution in [0.4, 0.5) is 5.69 Å². The minimum atomic E-state index is -1.24. The number of aliphatic carboxylic acids is 1. The number of nitrogens with one attached hydrogen (secondary N) is 1. The lowest BCUT2D eigenvalue weighted by Crippen LogP contribution is -2.31. The van der Waals surface area contributed by atoms with Gasteiger partial charge in [-0.2, -0.15) is 5.10 Å². The first-order chi connectivity index (χ1) is 10.9. The lowest BCUT2D eigenvalue weighted by atomic mass is 10.1. The van der Waals surface area contributed by atoms with Gasteiger partial charge in [-0.1, -0.05) is 12.1 Å². The number of aryl methyl sites for hydroxylation is 2. The summed E-state index contributed by atoms with van der Waals surface area (Å²) in [5.41, 5.74) is 0.306. The normalized spacial score (nSPS) is 15.2. The SMILES string of the molecule is Cc1nc(C)n(Cc2cccc(NC(=O)C3(C(=O)O)CC3)c2)n1. The van der Waals surface area contributed by atoms with Crippen molar-refractivity contribution in [2.75, 3.05) is 5.32 Å². The van der Waals surface area contributed by atoms with Crippen LogP contribution in [0.5, 0.6) is 0 Å². The molecule has 1 saturated carbocycles. The second kappa shape index (κ2) is 5.49. The first-order valence-electron chi connectivity index (χ1n) is 7.42. The minimum absolute atomic E-state index is 0.394. The molecule has 1 amide bonds. The molecule has 0 radical (unpaired) electrons. The Morgan fingerprint density at radius 2 is 2.09 bits per heavy atom. The van der Waals surface area contributed by atoms with Gasteiger partial charge < -0.3 is 10.4 Å². The molecule has 0 unspecified atom stereocenters. The third kappa shape index (κ3) is 2.94. The Kier molecular flexibility index (Phi) is 3.63. The third-order valence-corrected chi connectivity index (χ3v) is 4.07. The molecule has 0 bridgehead atoms. The topological polar surface area (TPSA) is 97.1 Å². The smallest absolute Gasteiger partial charge is 0.319 e. The molecule has 1 heterocycles. The predicted molar refractivity (Wildman–Crippen MR) is 83.0 cm³/mol. The highest BCUT2D eigenvalue weighted by atomic mass is 16.4. The van der Waals surface area contributed by atoms with Crippen molar-refractivity contribution in [3.05, 3.63) is 41.5 Å². The Bertz CT molecular complexity index is 777. The molecular formula is C16H18N4O3. The van der Waals surface area contributed by atoms with Crippen LogP contribution in [0.15, 0.2) is 24.3 Å². The molecule has 1 aromatic heterocycles. The highest BCUT2D eigenvalue weighted by Gasteiger charge is 2.57. The number of amides is 1. The van der Waals surface area contributed by atoms with Gasteiger partial charge in [-0.15, -0.1) is 0 Å².